The number of hydrogen-bond acceptors (Lipinski definition) is 5. The Morgan fingerprint density at radius 1 is 1.00 bits per heavy atom. The summed E-state index contributed by atoms with van der Waals surface area (Å²) in [5, 5.41) is 8.93. The van der Waals surface area contributed by atoms with Crippen LogP contribution in [0.2, 0.25) is 0 Å². The van der Waals surface area contributed by atoms with Gasteiger partial charge >= 0.3 is 5.97 Å². The number of fused-ring (bicyclic) bond motifs is 1. The van der Waals surface area contributed by atoms with Gasteiger partial charge in [0.15, 0.2) is 0 Å². The molecule has 0 aliphatic carbocycles. The minimum atomic E-state index is -4.28. The number of aromatic carboxylic acids is 1. The summed E-state index contributed by atoms with van der Waals surface area (Å²) in [7, 11) is -4.28. The van der Waals surface area contributed by atoms with Crippen LogP contribution in [0.1, 0.15) is 21.7 Å². The lowest BCUT2D eigenvalue weighted by Crippen LogP contribution is -2.36. The molecule has 168 valence electrons. The van der Waals surface area contributed by atoms with Gasteiger partial charge in [-0.05, 0) is 54.4 Å². The number of carboxylic acid groups (broad SMARTS) is 1. The first-order chi connectivity index (χ1) is 15.7. The summed E-state index contributed by atoms with van der Waals surface area (Å²) in [4.78, 5) is 30.5. The number of aryl methyl sites for hydroxylation is 2. The molecule has 0 amide bonds. The van der Waals surface area contributed by atoms with Gasteiger partial charge in [-0.15, -0.1) is 0 Å². The number of benzene rings is 3. The van der Waals surface area contributed by atoms with Crippen molar-refractivity contribution in [2.24, 2.45) is 0 Å². The minimum Gasteiger partial charge on any atom is -0.478 e. The Hall–Kier alpha value is -4.05. The molecule has 0 fully saturated rings. The van der Waals surface area contributed by atoms with Crippen LogP contribution in [0.15, 0.2) is 82.5 Å². The van der Waals surface area contributed by atoms with Crippen molar-refractivity contribution in [1.29, 1.82) is 0 Å². The second-order valence-corrected chi connectivity index (χ2v) is 8.90. The van der Waals surface area contributed by atoms with Gasteiger partial charge in [-0.1, -0.05) is 30.3 Å². The van der Waals surface area contributed by atoms with Crippen molar-refractivity contribution in [2.75, 3.05) is 4.83 Å². The molecule has 0 spiro atoms. The molecule has 0 radical (unpaired) electrons. The fourth-order valence-corrected chi connectivity index (χ4v) is 4.34. The summed E-state index contributed by atoms with van der Waals surface area (Å²) in [5.41, 5.74) is 0.348. The fourth-order valence-electron chi connectivity index (χ4n) is 3.32. The zero-order valence-electron chi connectivity index (χ0n) is 17.1. The molecule has 0 bridgehead atoms. The maximum atomic E-state index is 13.8. The SMILES string of the molecule is O=C(O)c1ccc(S(=O)(=O)Nn2c(CCc3ccccc3)nc3ccc(F)cc3c2=O)cc1. The Balaban J connectivity index is 1.77. The number of hydrogen-bond donors (Lipinski definition) is 2. The molecule has 8 nitrogen and oxygen atoms in total. The summed E-state index contributed by atoms with van der Waals surface area (Å²) < 4.78 is 40.4. The van der Waals surface area contributed by atoms with Crippen LogP contribution in [0.5, 0.6) is 0 Å². The van der Waals surface area contributed by atoms with E-state index in [4.69, 9.17) is 5.11 Å². The number of sulfonamides is 1. The first kappa shape index (κ1) is 22.2. The lowest BCUT2D eigenvalue weighted by Gasteiger charge is -2.16. The lowest BCUT2D eigenvalue weighted by atomic mass is 10.1. The number of nitrogens with zero attached hydrogens (tertiary/aromatic N) is 2. The van der Waals surface area contributed by atoms with Gasteiger partial charge in [0.1, 0.15) is 11.6 Å². The predicted octanol–water partition coefficient (Wildman–Crippen LogP) is 2.95. The first-order valence-corrected chi connectivity index (χ1v) is 11.3. The van der Waals surface area contributed by atoms with Gasteiger partial charge in [0.25, 0.3) is 15.6 Å². The van der Waals surface area contributed by atoms with Gasteiger partial charge in [0.05, 0.1) is 21.4 Å². The van der Waals surface area contributed by atoms with E-state index < -0.39 is 27.4 Å². The molecule has 0 unspecified atom stereocenters. The number of halogens is 1. The Morgan fingerprint density at radius 2 is 1.70 bits per heavy atom. The molecule has 2 N–H and O–H groups in total. The number of carbonyl (C=O) groups is 1. The third-order valence-corrected chi connectivity index (χ3v) is 6.32. The van der Waals surface area contributed by atoms with Gasteiger partial charge in [-0.3, -0.25) is 4.79 Å². The molecule has 0 saturated heterocycles. The summed E-state index contributed by atoms with van der Waals surface area (Å²) >= 11 is 0. The summed E-state index contributed by atoms with van der Waals surface area (Å²) in [6.45, 7) is 0. The topological polar surface area (TPSA) is 118 Å². The monoisotopic (exact) mass is 467 g/mol. The maximum absolute atomic E-state index is 13.8. The molecule has 0 aliphatic rings. The Morgan fingerprint density at radius 3 is 2.36 bits per heavy atom. The number of carboxylic acids is 1. The molecular formula is C23H18FN3O5S. The third kappa shape index (κ3) is 4.75. The second-order valence-electron chi connectivity index (χ2n) is 7.24. The van der Waals surface area contributed by atoms with Crippen LogP contribution in [0.3, 0.4) is 0 Å². The molecule has 4 rings (SSSR count). The molecule has 10 heteroatoms. The van der Waals surface area contributed by atoms with Crippen molar-refractivity contribution in [2.45, 2.75) is 17.7 Å². The minimum absolute atomic E-state index is 0.0811. The number of rotatable bonds is 7. The van der Waals surface area contributed by atoms with E-state index >= 15 is 0 Å². The van der Waals surface area contributed by atoms with Gasteiger partial charge < -0.3 is 5.11 Å². The van der Waals surface area contributed by atoms with Crippen molar-refractivity contribution < 1.29 is 22.7 Å². The van der Waals surface area contributed by atoms with E-state index in [2.05, 4.69) is 9.82 Å². The highest BCUT2D eigenvalue weighted by atomic mass is 32.2. The van der Waals surface area contributed by atoms with Crippen LogP contribution < -0.4 is 10.4 Å². The van der Waals surface area contributed by atoms with E-state index in [0.29, 0.717) is 6.42 Å². The molecule has 3 aromatic carbocycles. The Bertz CT molecular complexity index is 1500. The van der Waals surface area contributed by atoms with Gasteiger partial charge in [-0.25, -0.2) is 19.0 Å². The molecule has 0 atom stereocenters. The van der Waals surface area contributed by atoms with Crippen LogP contribution in [-0.2, 0) is 22.9 Å². The molecule has 0 aliphatic heterocycles. The van der Waals surface area contributed by atoms with E-state index in [1.807, 2.05) is 30.3 Å². The number of aromatic nitrogens is 2. The van der Waals surface area contributed by atoms with Crippen molar-refractivity contribution in [3.8, 4) is 0 Å². The highest BCUT2D eigenvalue weighted by molar-refractivity contribution is 7.92. The predicted molar refractivity (Wildman–Crippen MR) is 120 cm³/mol. The van der Waals surface area contributed by atoms with Gasteiger partial charge in [0, 0.05) is 6.42 Å². The summed E-state index contributed by atoms with van der Waals surface area (Å²) in [5.74, 6) is -1.71. The molecule has 4 aromatic rings. The smallest absolute Gasteiger partial charge is 0.335 e. The van der Waals surface area contributed by atoms with E-state index in [1.165, 1.54) is 12.1 Å². The first-order valence-electron chi connectivity index (χ1n) is 9.86. The van der Waals surface area contributed by atoms with E-state index in [-0.39, 0.29) is 33.6 Å². The van der Waals surface area contributed by atoms with Crippen LogP contribution in [-0.4, -0.2) is 29.2 Å². The molecular weight excluding hydrogens is 449 g/mol. The van der Waals surface area contributed by atoms with Crippen molar-refractivity contribution in [3.05, 3.63) is 106 Å². The fraction of sp³-hybridized carbons (Fsp3) is 0.0870. The number of nitrogens with one attached hydrogen (secondary N) is 1. The van der Waals surface area contributed by atoms with Crippen LogP contribution in [0, 0.1) is 5.82 Å². The normalized spacial score (nSPS) is 11.4. The molecule has 33 heavy (non-hydrogen) atoms. The Kier molecular flexibility index (Phi) is 5.93. The Labute approximate surface area is 188 Å². The zero-order valence-corrected chi connectivity index (χ0v) is 17.9. The van der Waals surface area contributed by atoms with Gasteiger partial charge in [-0.2, -0.15) is 13.1 Å². The molecule has 0 saturated carbocycles. The van der Waals surface area contributed by atoms with Crippen molar-refractivity contribution in [3.63, 3.8) is 0 Å². The van der Waals surface area contributed by atoms with Crippen LogP contribution in [0.25, 0.3) is 10.9 Å². The summed E-state index contributed by atoms with van der Waals surface area (Å²) in [6.07, 6.45) is 0.710. The van der Waals surface area contributed by atoms with E-state index in [9.17, 15) is 22.4 Å². The zero-order chi connectivity index (χ0) is 23.6. The largest absolute Gasteiger partial charge is 0.478 e. The highest BCUT2D eigenvalue weighted by Gasteiger charge is 2.20. The van der Waals surface area contributed by atoms with Gasteiger partial charge in [0.2, 0.25) is 0 Å². The van der Waals surface area contributed by atoms with Crippen molar-refractivity contribution >= 4 is 26.9 Å². The van der Waals surface area contributed by atoms with Crippen LogP contribution in [0.4, 0.5) is 4.39 Å². The third-order valence-electron chi connectivity index (χ3n) is 5.00. The standard InChI is InChI=1S/C23H18FN3O5S/c24-17-9-12-20-19(14-17)22(28)27(21(25-20)13-6-15-4-2-1-3-5-15)26-33(31,32)18-10-7-16(8-11-18)23(29)30/h1-5,7-12,14,26H,6,13H2,(H,29,30). The highest BCUT2D eigenvalue weighted by Crippen LogP contribution is 2.15. The molecule has 1 aromatic heterocycles. The maximum Gasteiger partial charge on any atom is 0.335 e. The average Bonchev–Trinajstić information content (AvgIpc) is 2.81. The lowest BCUT2D eigenvalue weighted by molar-refractivity contribution is 0.0696. The van der Waals surface area contributed by atoms with E-state index in [1.54, 1.807) is 0 Å². The average molecular weight is 467 g/mol. The van der Waals surface area contributed by atoms with Crippen LogP contribution >= 0.6 is 0 Å². The van der Waals surface area contributed by atoms with Crippen molar-refractivity contribution in [1.82, 2.24) is 9.66 Å². The second kappa shape index (κ2) is 8.83. The van der Waals surface area contributed by atoms with E-state index in [0.717, 1.165) is 40.6 Å². The molecule has 1 heterocycles. The summed E-state index contributed by atoms with van der Waals surface area (Å²) in [6, 6.07) is 17.4. The quantitative estimate of drug-likeness (QED) is 0.431.